The van der Waals surface area contributed by atoms with Gasteiger partial charge in [-0.25, -0.2) is 0 Å². The highest BCUT2D eigenvalue weighted by Gasteiger charge is 1.98. The Morgan fingerprint density at radius 2 is 2.17 bits per heavy atom. The summed E-state index contributed by atoms with van der Waals surface area (Å²) in [6.45, 7) is 6.50. The lowest BCUT2D eigenvalue weighted by molar-refractivity contribution is -0.119. The molecule has 0 bridgehead atoms. The Kier molecular flexibility index (Phi) is 5.08. The van der Waals surface area contributed by atoms with Crippen molar-refractivity contribution in [1.29, 1.82) is 0 Å². The van der Waals surface area contributed by atoms with E-state index in [0.29, 0.717) is 18.9 Å². The van der Waals surface area contributed by atoms with E-state index in [1.54, 1.807) is 6.92 Å². The molecule has 0 fully saturated rings. The van der Waals surface area contributed by atoms with Gasteiger partial charge in [0.05, 0.1) is 0 Å². The Balaban J connectivity index is 3.77. The maximum atomic E-state index is 10.8. The van der Waals surface area contributed by atoms with Crippen LogP contribution in [0.4, 0.5) is 0 Å². The summed E-state index contributed by atoms with van der Waals surface area (Å²) < 4.78 is 0. The summed E-state index contributed by atoms with van der Waals surface area (Å²) in [5, 5.41) is 2.47. The van der Waals surface area contributed by atoms with Crippen molar-refractivity contribution in [2.75, 3.05) is 6.54 Å². The SMILES string of the molecule is CCC(=O)NC(N)=NCC(C)C. The molecule has 1 amide bonds. The molecule has 0 saturated carbocycles. The number of amides is 1. The van der Waals surface area contributed by atoms with Crippen LogP contribution in [-0.2, 0) is 4.79 Å². The van der Waals surface area contributed by atoms with E-state index < -0.39 is 0 Å². The lowest BCUT2D eigenvalue weighted by Gasteiger charge is -2.03. The normalized spacial score (nSPS) is 11.8. The summed E-state index contributed by atoms with van der Waals surface area (Å²) in [5.41, 5.74) is 5.42. The van der Waals surface area contributed by atoms with Gasteiger partial charge in [-0.05, 0) is 5.92 Å². The molecule has 0 aliphatic carbocycles. The van der Waals surface area contributed by atoms with Crippen LogP contribution in [0.25, 0.3) is 0 Å². The van der Waals surface area contributed by atoms with E-state index in [-0.39, 0.29) is 11.9 Å². The van der Waals surface area contributed by atoms with Gasteiger partial charge in [0.25, 0.3) is 0 Å². The Morgan fingerprint density at radius 3 is 2.58 bits per heavy atom. The van der Waals surface area contributed by atoms with Gasteiger partial charge in [-0.15, -0.1) is 0 Å². The molecule has 0 aliphatic rings. The maximum absolute atomic E-state index is 10.8. The van der Waals surface area contributed by atoms with Crippen molar-refractivity contribution in [2.45, 2.75) is 27.2 Å². The van der Waals surface area contributed by atoms with E-state index in [4.69, 9.17) is 5.73 Å². The Labute approximate surface area is 73.2 Å². The number of carbonyl (C=O) groups excluding carboxylic acids is 1. The summed E-state index contributed by atoms with van der Waals surface area (Å²) in [6.07, 6.45) is 0.428. The topological polar surface area (TPSA) is 67.5 Å². The van der Waals surface area contributed by atoms with Gasteiger partial charge < -0.3 is 5.73 Å². The third-order valence-corrected chi connectivity index (χ3v) is 1.22. The molecule has 4 heteroatoms. The number of hydrogen-bond donors (Lipinski definition) is 2. The molecular weight excluding hydrogens is 154 g/mol. The van der Waals surface area contributed by atoms with Crippen LogP contribution in [0.15, 0.2) is 4.99 Å². The average Bonchev–Trinajstić information content (AvgIpc) is 2.00. The molecule has 0 heterocycles. The number of nitrogens with zero attached hydrogens (tertiary/aromatic N) is 1. The molecule has 4 nitrogen and oxygen atoms in total. The second-order valence-electron chi connectivity index (χ2n) is 3.02. The van der Waals surface area contributed by atoms with E-state index in [1.807, 2.05) is 13.8 Å². The minimum atomic E-state index is -0.0972. The number of guanidine groups is 1. The number of aliphatic imine (C=N–C) groups is 1. The largest absolute Gasteiger partial charge is 0.370 e. The van der Waals surface area contributed by atoms with Crippen molar-refractivity contribution in [3.63, 3.8) is 0 Å². The van der Waals surface area contributed by atoms with E-state index >= 15 is 0 Å². The van der Waals surface area contributed by atoms with Crippen molar-refractivity contribution in [3.05, 3.63) is 0 Å². The Hall–Kier alpha value is -1.06. The highest BCUT2D eigenvalue weighted by Crippen LogP contribution is 1.90. The van der Waals surface area contributed by atoms with Crippen LogP contribution in [0.3, 0.4) is 0 Å². The molecule has 0 radical (unpaired) electrons. The molecule has 0 aromatic carbocycles. The predicted octanol–water partition coefficient (Wildman–Crippen LogP) is 0.483. The Morgan fingerprint density at radius 1 is 1.58 bits per heavy atom. The number of rotatable bonds is 3. The summed E-state index contributed by atoms with van der Waals surface area (Å²) in [7, 11) is 0. The first-order valence-corrected chi connectivity index (χ1v) is 4.16. The van der Waals surface area contributed by atoms with Crippen LogP contribution < -0.4 is 11.1 Å². The molecule has 70 valence electrons. The minimum Gasteiger partial charge on any atom is -0.370 e. The zero-order valence-electron chi connectivity index (χ0n) is 7.92. The summed E-state index contributed by atoms with van der Waals surface area (Å²) in [5.74, 6) is 0.581. The fraction of sp³-hybridized carbons (Fsp3) is 0.750. The molecule has 0 rings (SSSR count). The van der Waals surface area contributed by atoms with Gasteiger partial charge in [-0.3, -0.25) is 15.1 Å². The minimum absolute atomic E-state index is 0.0972. The summed E-state index contributed by atoms with van der Waals surface area (Å²) in [4.78, 5) is 14.8. The molecule has 0 aliphatic heterocycles. The molecule has 12 heavy (non-hydrogen) atoms. The van der Waals surface area contributed by atoms with Crippen LogP contribution in [0.2, 0.25) is 0 Å². The van der Waals surface area contributed by atoms with Gasteiger partial charge in [-0.2, -0.15) is 0 Å². The summed E-state index contributed by atoms with van der Waals surface area (Å²) in [6, 6.07) is 0. The van der Waals surface area contributed by atoms with Crippen molar-refractivity contribution in [1.82, 2.24) is 5.32 Å². The summed E-state index contributed by atoms with van der Waals surface area (Å²) >= 11 is 0. The Bertz CT molecular complexity index is 175. The van der Waals surface area contributed by atoms with E-state index in [0.717, 1.165) is 0 Å². The third-order valence-electron chi connectivity index (χ3n) is 1.22. The van der Waals surface area contributed by atoms with Crippen molar-refractivity contribution in [2.24, 2.45) is 16.6 Å². The molecule has 0 aromatic rings. The van der Waals surface area contributed by atoms with Crippen LogP contribution in [0.5, 0.6) is 0 Å². The van der Waals surface area contributed by atoms with E-state index in [2.05, 4.69) is 10.3 Å². The number of carbonyl (C=O) groups is 1. The zero-order chi connectivity index (χ0) is 9.56. The van der Waals surface area contributed by atoms with E-state index in [9.17, 15) is 4.79 Å². The predicted molar refractivity (Wildman–Crippen MR) is 49.8 cm³/mol. The number of hydrogen-bond acceptors (Lipinski definition) is 2. The zero-order valence-corrected chi connectivity index (χ0v) is 7.92. The molecule has 0 spiro atoms. The molecule has 0 unspecified atom stereocenters. The lowest BCUT2D eigenvalue weighted by Crippen LogP contribution is -2.36. The second kappa shape index (κ2) is 5.57. The van der Waals surface area contributed by atoms with Gasteiger partial charge in [-0.1, -0.05) is 20.8 Å². The first-order valence-electron chi connectivity index (χ1n) is 4.16. The first kappa shape index (κ1) is 10.9. The molecule has 0 saturated heterocycles. The van der Waals surface area contributed by atoms with Crippen molar-refractivity contribution >= 4 is 11.9 Å². The van der Waals surface area contributed by atoms with Crippen LogP contribution in [0, 0.1) is 5.92 Å². The van der Waals surface area contributed by atoms with Crippen molar-refractivity contribution < 1.29 is 4.79 Å². The molecule has 0 aromatic heterocycles. The third kappa shape index (κ3) is 5.70. The van der Waals surface area contributed by atoms with Gasteiger partial charge in [0.15, 0.2) is 5.96 Å². The van der Waals surface area contributed by atoms with Crippen LogP contribution in [-0.4, -0.2) is 18.4 Å². The molecule has 0 atom stereocenters. The number of nitrogens with one attached hydrogen (secondary N) is 1. The fourth-order valence-corrected chi connectivity index (χ4v) is 0.552. The highest BCUT2D eigenvalue weighted by molar-refractivity contribution is 5.95. The van der Waals surface area contributed by atoms with Crippen LogP contribution >= 0.6 is 0 Å². The van der Waals surface area contributed by atoms with Gasteiger partial charge in [0.1, 0.15) is 0 Å². The van der Waals surface area contributed by atoms with E-state index in [1.165, 1.54) is 0 Å². The monoisotopic (exact) mass is 171 g/mol. The van der Waals surface area contributed by atoms with Crippen LogP contribution in [0.1, 0.15) is 27.2 Å². The highest BCUT2D eigenvalue weighted by atomic mass is 16.1. The number of nitrogens with two attached hydrogens (primary N) is 1. The fourth-order valence-electron chi connectivity index (χ4n) is 0.552. The average molecular weight is 171 g/mol. The maximum Gasteiger partial charge on any atom is 0.226 e. The molecular formula is C8H17N3O. The quantitative estimate of drug-likeness (QED) is 0.479. The second-order valence-corrected chi connectivity index (χ2v) is 3.02. The first-order chi connectivity index (χ1) is 5.56. The lowest BCUT2D eigenvalue weighted by atomic mass is 10.2. The van der Waals surface area contributed by atoms with Gasteiger partial charge in [0, 0.05) is 13.0 Å². The van der Waals surface area contributed by atoms with Crippen molar-refractivity contribution in [3.8, 4) is 0 Å². The van der Waals surface area contributed by atoms with Gasteiger partial charge in [0.2, 0.25) is 5.91 Å². The standard InChI is InChI=1S/C8H17N3O/c1-4-7(12)11-8(9)10-5-6(2)3/h6H,4-5H2,1-3H3,(H3,9,10,11,12). The molecule has 3 N–H and O–H groups in total. The smallest absolute Gasteiger partial charge is 0.226 e. The van der Waals surface area contributed by atoms with Gasteiger partial charge >= 0.3 is 0 Å².